The van der Waals surface area contributed by atoms with Crippen LogP contribution in [0.3, 0.4) is 0 Å². The molecule has 0 amide bonds. The maximum absolute atomic E-state index is 2.41. The molecular formula is C55H40N2. The van der Waals surface area contributed by atoms with Gasteiger partial charge < -0.3 is 9.47 Å². The van der Waals surface area contributed by atoms with Crippen LogP contribution in [0.5, 0.6) is 0 Å². The molecule has 0 atom stereocenters. The van der Waals surface area contributed by atoms with E-state index in [4.69, 9.17) is 0 Å². The van der Waals surface area contributed by atoms with Crippen molar-refractivity contribution in [2.45, 2.75) is 19.3 Å². The molecule has 0 unspecified atom stereocenters. The van der Waals surface area contributed by atoms with Gasteiger partial charge in [0.2, 0.25) is 0 Å². The zero-order valence-electron chi connectivity index (χ0n) is 32.0. The summed E-state index contributed by atoms with van der Waals surface area (Å²) in [5.41, 5.74) is 17.1. The molecular weight excluding hydrogens is 689 g/mol. The van der Waals surface area contributed by atoms with Gasteiger partial charge in [0.1, 0.15) is 0 Å². The van der Waals surface area contributed by atoms with E-state index in [2.05, 4.69) is 230 Å². The molecule has 1 aromatic heterocycles. The van der Waals surface area contributed by atoms with Crippen LogP contribution in [-0.4, -0.2) is 4.57 Å². The molecule has 1 heterocycles. The lowest BCUT2D eigenvalue weighted by Crippen LogP contribution is -2.16. The Morgan fingerprint density at radius 3 is 1.61 bits per heavy atom. The molecule has 57 heavy (non-hydrogen) atoms. The first kappa shape index (κ1) is 33.2. The summed E-state index contributed by atoms with van der Waals surface area (Å²) in [6.45, 7) is 4.70. The van der Waals surface area contributed by atoms with Crippen molar-refractivity contribution in [3.63, 3.8) is 0 Å². The van der Waals surface area contributed by atoms with Gasteiger partial charge in [-0.25, -0.2) is 0 Å². The second kappa shape index (κ2) is 13.0. The van der Waals surface area contributed by atoms with Crippen molar-refractivity contribution in [3.8, 4) is 39.1 Å². The van der Waals surface area contributed by atoms with Crippen LogP contribution < -0.4 is 4.90 Å². The average molecular weight is 729 g/mol. The van der Waals surface area contributed by atoms with Crippen LogP contribution >= 0.6 is 0 Å². The first-order valence-electron chi connectivity index (χ1n) is 19.8. The summed E-state index contributed by atoms with van der Waals surface area (Å²) in [6.07, 6.45) is 0. The number of rotatable bonds is 6. The van der Waals surface area contributed by atoms with Crippen molar-refractivity contribution < 1.29 is 0 Å². The Kier molecular flexibility index (Phi) is 7.55. The summed E-state index contributed by atoms with van der Waals surface area (Å²) in [4.78, 5) is 2.41. The van der Waals surface area contributed by atoms with E-state index in [1.165, 1.54) is 82.8 Å². The van der Waals surface area contributed by atoms with Crippen molar-refractivity contribution in [1.82, 2.24) is 4.57 Å². The SMILES string of the molecule is CC1(C)c2ccccc2-c2ccc(N(c3ccc(-c4ccc(-c5ccccc5-n5c6ccccc6c6ccccc65)cc4)cc3)c3ccc4ccccc4c3)cc21. The number of para-hydroxylation sites is 3. The Labute approximate surface area is 333 Å². The molecule has 0 aliphatic heterocycles. The van der Waals surface area contributed by atoms with E-state index >= 15 is 0 Å². The van der Waals surface area contributed by atoms with Gasteiger partial charge in [0.25, 0.3) is 0 Å². The fourth-order valence-electron chi connectivity index (χ4n) is 9.33. The highest BCUT2D eigenvalue weighted by Crippen LogP contribution is 2.51. The Hall–Kier alpha value is -7.16. The van der Waals surface area contributed by atoms with Crippen LogP contribution in [0.4, 0.5) is 17.1 Å². The van der Waals surface area contributed by atoms with E-state index in [-0.39, 0.29) is 5.41 Å². The van der Waals surface area contributed by atoms with Crippen LogP contribution in [-0.2, 0) is 5.41 Å². The Balaban J connectivity index is 0.963. The fourth-order valence-corrected chi connectivity index (χ4v) is 9.33. The van der Waals surface area contributed by atoms with Gasteiger partial charge in [0, 0.05) is 38.8 Å². The van der Waals surface area contributed by atoms with E-state index in [1.54, 1.807) is 0 Å². The third-order valence-corrected chi connectivity index (χ3v) is 12.2. The molecule has 0 saturated heterocycles. The maximum Gasteiger partial charge on any atom is 0.0541 e. The van der Waals surface area contributed by atoms with E-state index in [1.807, 2.05) is 0 Å². The van der Waals surface area contributed by atoms with Gasteiger partial charge in [-0.1, -0.05) is 166 Å². The summed E-state index contributed by atoms with van der Waals surface area (Å²) in [6, 6.07) is 75.6. The van der Waals surface area contributed by atoms with Crippen LogP contribution in [0.15, 0.2) is 206 Å². The summed E-state index contributed by atoms with van der Waals surface area (Å²) >= 11 is 0. The molecule has 0 spiro atoms. The third-order valence-electron chi connectivity index (χ3n) is 12.2. The van der Waals surface area contributed by atoms with Crippen molar-refractivity contribution in [2.75, 3.05) is 4.90 Å². The maximum atomic E-state index is 2.41. The van der Waals surface area contributed by atoms with E-state index < -0.39 is 0 Å². The van der Waals surface area contributed by atoms with Crippen LogP contribution in [0.1, 0.15) is 25.0 Å². The number of fused-ring (bicyclic) bond motifs is 7. The molecule has 0 saturated carbocycles. The monoisotopic (exact) mass is 728 g/mol. The number of anilines is 3. The van der Waals surface area contributed by atoms with Gasteiger partial charge in [0.05, 0.1) is 16.7 Å². The van der Waals surface area contributed by atoms with Crippen LogP contribution in [0.2, 0.25) is 0 Å². The van der Waals surface area contributed by atoms with Crippen molar-refractivity contribution >= 4 is 49.6 Å². The highest BCUT2D eigenvalue weighted by atomic mass is 15.1. The Morgan fingerprint density at radius 1 is 0.368 bits per heavy atom. The Morgan fingerprint density at radius 2 is 0.877 bits per heavy atom. The van der Waals surface area contributed by atoms with Gasteiger partial charge in [-0.2, -0.15) is 0 Å². The molecule has 2 heteroatoms. The number of nitrogens with zero attached hydrogens (tertiary/aromatic N) is 2. The number of benzene rings is 9. The third kappa shape index (κ3) is 5.33. The van der Waals surface area contributed by atoms with Gasteiger partial charge in [-0.3, -0.25) is 0 Å². The van der Waals surface area contributed by atoms with Gasteiger partial charge >= 0.3 is 0 Å². The summed E-state index contributed by atoms with van der Waals surface area (Å²) in [5, 5.41) is 5.01. The smallest absolute Gasteiger partial charge is 0.0541 e. The molecule has 9 aromatic carbocycles. The normalized spacial score (nSPS) is 12.9. The lowest BCUT2D eigenvalue weighted by Gasteiger charge is -2.28. The molecule has 11 rings (SSSR count). The van der Waals surface area contributed by atoms with Crippen molar-refractivity contribution in [1.29, 1.82) is 0 Å². The predicted octanol–water partition coefficient (Wildman–Crippen LogP) is 15.0. The van der Waals surface area contributed by atoms with Gasteiger partial charge in [-0.05, 0) is 104 Å². The molecule has 0 fully saturated rings. The molecule has 0 bridgehead atoms. The van der Waals surface area contributed by atoms with E-state index in [0.717, 1.165) is 17.1 Å². The molecule has 270 valence electrons. The fraction of sp³-hybridized carbons (Fsp3) is 0.0545. The van der Waals surface area contributed by atoms with Gasteiger partial charge in [0.15, 0.2) is 0 Å². The molecule has 0 N–H and O–H groups in total. The lowest BCUT2D eigenvalue weighted by molar-refractivity contribution is 0.660. The largest absolute Gasteiger partial charge is 0.310 e. The zero-order valence-corrected chi connectivity index (χ0v) is 32.0. The minimum Gasteiger partial charge on any atom is -0.310 e. The quantitative estimate of drug-likeness (QED) is 0.165. The molecule has 0 radical (unpaired) electrons. The minimum atomic E-state index is -0.0863. The molecule has 10 aromatic rings. The van der Waals surface area contributed by atoms with E-state index in [9.17, 15) is 0 Å². The van der Waals surface area contributed by atoms with Crippen LogP contribution in [0, 0.1) is 0 Å². The minimum absolute atomic E-state index is 0.0863. The number of aromatic nitrogens is 1. The predicted molar refractivity (Wildman–Crippen MR) is 241 cm³/mol. The second-order valence-electron chi connectivity index (χ2n) is 15.8. The average Bonchev–Trinajstić information content (AvgIpc) is 3.72. The highest BCUT2D eigenvalue weighted by Gasteiger charge is 2.35. The summed E-state index contributed by atoms with van der Waals surface area (Å²) in [7, 11) is 0. The van der Waals surface area contributed by atoms with E-state index in [0.29, 0.717) is 0 Å². The first-order chi connectivity index (χ1) is 28.0. The Bertz CT molecular complexity index is 3090. The molecule has 1 aliphatic rings. The first-order valence-corrected chi connectivity index (χ1v) is 19.8. The van der Waals surface area contributed by atoms with Gasteiger partial charge in [-0.15, -0.1) is 0 Å². The van der Waals surface area contributed by atoms with Crippen LogP contribution in [0.25, 0.3) is 71.6 Å². The van der Waals surface area contributed by atoms with Crippen molar-refractivity contribution in [3.05, 3.63) is 217 Å². The molecule has 1 aliphatic carbocycles. The molecule has 2 nitrogen and oxygen atoms in total. The summed E-state index contributed by atoms with van der Waals surface area (Å²) in [5.74, 6) is 0. The zero-order chi connectivity index (χ0) is 38.1. The highest BCUT2D eigenvalue weighted by molar-refractivity contribution is 6.09. The number of hydrogen-bond acceptors (Lipinski definition) is 1. The lowest BCUT2D eigenvalue weighted by atomic mass is 9.82. The van der Waals surface area contributed by atoms with Crippen molar-refractivity contribution in [2.24, 2.45) is 0 Å². The number of hydrogen-bond donors (Lipinski definition) is 0. The topological polar surface area (TPSA) is 8.17 Å². The standard InChI is InChI=1S/C55H40N2/c1-55(2)50-19-9-5-16-46(50)47-34-33-44(36-51(47)55)56(43-32-29-37-13-3-4-14-41(37)35-43)42-30-27-39(28-31-42)38-23-25-40(26-24-38)45-15-6-10-20-52(45)57-53-21-11-7-17-48(53)49-18-8-12-22-54(49)57/h3-36H,1-2H3. The second-order valence-corrected chi connectivity index (χ2v) is 15.8. The summed E-state index contributed by atoms with van der Waals surface area (Å²) < 4.78 is 2.41.